The Kier molecular flexibility index (Phi) is 4.69. The molecule has 0 amide bonds. The fraction of sp³-hybridized carbons (Fsp3) is 0.222. The summed E-state index contributed by atoms with van der Waals surface area (Å²) in [5.41, 5.74) is 7.19. The van der Waals surface area contributed by atoms with E-state index in [-0.39, 0.29) is 4.90 Å². The maximum atomic E-state index is 13.2. The first kappa shape index (κ1) is 17.3. The Balaban J connectivity index is 2.20. The van der Waals surface area contributed by atoms with Crippen molar-refractivity contribution in [2.24, 2.45) is 5.73 Å². The Morgan fingerprint density at radius 3 is 2.44 bits per heavy atom. The van der Waals surface area contributed by atoms with E-state index in [1.165, 1.54) is 30.3 Å². The molecule has 6 nitrogen and oxygen atoms in total. The van der Waals surface area contributed by atoms with Gasteiger partial charge in [-0.1, -0.05) is 18.2 Å². The van der Waals surface area contributed by atoms with Gasteiger partial charge in [-0.3, -0.25) is 0 Å². The molecule has 0 fully saturated rings. The van der Waals surface area contributed by atoms with Crippen molar-refractivity contribution in [2.45, 2.75) is 11.3 Å². The van der Waals surface area contributed by atoms with E-state index in [4.69, 9.17) is 15.2 Å². The zero-order valence-electron chi connectivity index (χ0n) is 14.1. The molecule has 0 unspecified atom stereocenters. The Labute approximate surface area is 146 Å². The summed E-state index contributed by atoms with van der Waals surface area (Å²) in [7, 11) is -0.805. The van der Waals surface area contributed by atoms with Gasteiger partial charge in [0.15, 0.2) is 11.5 Å². The fourth-order valence-corrected chi connectivity index (χ4v) is 4.27. The Morgan fingerprint density at radius 2 is 1.76 bits per heavy atom. The fourth-order valence-electron chi connectivity index (χ4n) is 2.86. The number of nitrogens with zero attached hydrogens (tertiary/aromatic N) is 1. The molecule has 2 N–H and O–H groups in total. The minimum absolute atomic E-state index is 0.130. The van der Waals surface area contributed by atoms with E-state index in [9.17, 15) is 8.42 Å². The van der Waals surface area contributed by atoms with Crippen LogP contribution in [0.5, 0.6) is 11.5 Å². The van der Waals surface area contributed by atoms with Crippen LogP contribution in [0.3, 0.4) is 0 Å². The monoisotopic (exact) mass is 360 g/mol. The molecule has 0 spiro atoms. The van der Waals surface area contributed by atoms with Gasteiger partial charge in [0.25, 0.3) is 10.0 Å². The van der Waals surface area contributed by atoms with Gasteiger partial charge in [0.2, 0.25) is 0 Å². The van der Waals surface area contributed by atoms with E-state index < -0.39 is 10.0 Å². The van der Waals surface area contributed by atoms with Crippen molar-refractivity contribution in [3.8, 4) is 11.5 Å². The topological polar surface area (TPSA) is 83.6 Å². The SMILES string of the molecule is COc1ccc(S(=O)(=O)n2cc(CCN)c3ccccc32)cc1OC. The molecular formula is C18H20N2O4S. The van der Waals surface area contributed by atoms with E-state index in [2.05, 4.69) is 0 Å². The number of benzene rings is 2. The molecule has 25 heavy (non-hydrogen) atoms. The molecule has 0 atom stereocenters. The molecule has 3 rings (SSSR count). The Morgan fingerprint density at radius 1 is 1.04 bits per heavy atom. The second-order valence-corrected chi connectivity index (χ2v) is 7.34. The van der Waals surface area contributed by atoms with Crippen molar-refractivity contribution >= 4 is 20.9 Å². The zero-order valence-corrected chi connectivity index (χ0v) is 14.9. The van der Waals surface area contributed by atoms with E-state index >= 15 is 0 Å². The second kappa shape index (κ2) is 6.78. The average molecular weight is 360 g/mol. The van der Waals surface area contributed by atoms with Gasteiger partial charge in [0.1, 0.15) is 0 Å². The highest BCUT2D eigenvalue weighted by molar-refractivity contribution is 7.90. The van der Waals surface area contributed by atoms with Crippen LogP contribution in [0, 0.1) is 0 Å². The van der Waals surface area contributed by atoms with Crippen molar-refractivity contribution in [3.05, 3.63) is 54.2 Å². The number of methoxy groups -OCH3 is 2. The lowest BCUT2D eigenvalue weighted by Gasteiger charge is -2.11. The minimum Gasteiger partial charge on any atom is -0.493 e. The first-order valence-electron chi connectivity index (χ1n) is 7.79. The van der Waals surface area contributed by atoms with Gasteiger partial charge in [-0.05, 0) is 36.7 Å². The number of para-hydroxylation sites is 1. The number of fused-ring (bicyclic) bond motifs is 1. The van der Waals surface area contributed by atoms with Crippen molar-refractivity contribution in [1.82, 2.24) is 3.97 Å². The number of ether oxygens (including phenoxy) is 2. The maximum Gasteiger partial charge on any atom is 0.268 e. The van der Waals surface area contributed by atoms with Gasteiger partial charge in [-0.25, -0.2) is 12.4 Å². The quantitative estimate of drug-likeness (QED) is 0.730. The lowest BCUT2D eigenvalue weighted by molar-refractivity contribution is 0.354. The summed E-state index contributed by atoms with van der Waals surface area (Å²) in [4.78, 5) is 0.130. The van der Waals surface area contributed by atoms with Crippen LogP contribution in [-0.4, -0.2) is 33.2 Å². The van der Waals surface area contributed by atoms with Gasteiger partial charge in [0, 0.05) is 17.6 Å². The molecule has 0 aliphatic rings. The summed E-state index contributed by atoms with van der Waals surface area (Å²) >= 11 is 0. The summed E-state index contributed by atoms with van der Waals surface area (Å²) in [5.74, 6) is 0.838. The first-order chi connectivity index (χ1) is 12.0. The Hall–Kier alpha value is -2.51. The third kappa shape index (κ3) is 2.96. The van der Waals surface area contributed by atoms with Crippen molar-refractivity contribution < 1.29 is 17.9 Å². The number of aromatic nitrogens is 1. The lowest BCUT2D eigenvalue weighted by Crippen LogP contribution is -2.12. The predicted molar refractivity (Wildman–Crippen MR) is 96.8 cm³/mol. The molecule has 1 heterocycles. The summed E-state index contributed by atoms with van der Waals surface area (Å²) in [6.45, 7) is 0.449. The average Bonchev–Trinajstić information content (AvgIpc) is 3.01. The molecule has 7 heteroatoms. The molecule has 0 radical (unpaired) electrons. The first-order valence-corrected chi connectivity index (χ1v) is 9.23. The normalized spacial score (nSPS) is 11.6. The summed E-state index contributed by atoms with van der Waals surface area (Å²) in [6.07, 6.45) is 2.25. The molecule has 2 aromatic carbocycles. The minimum atomic E-state index is -3.78. The zero-order chi connectivity index (χ0) is 18.0. The van der Waals surface area contributed by atoms with Crippen molar-refractivity contribution in [3.63, 3.8) is 0 Å². The largest absolute Gasteiger partial charge is 0.493 e. The predicted octanol–water partition coefficient (Wildman–Crippen LogP) is 2.40. The highest BCUT2D eigenvalue weighted by Gasteiger charge is 2.22. The smallest absolute Gasteiger partial charge is 0.268 e. The highest BCUT2D eigenvalue weighted by Crippen LogP contribution is 2.32. The van der Waals surface area contributed by atoms with Crippen LogP contribution in [0.4, 0.5) is 0 Å². The number of nitrogens with two attached hydrogens (primary N) is 1. The number of hydrogen-bond acceptors (Lipinski definition) is 5. The molecular weight excluding hydrogens is 340 g/mol. The van der Waals surface area contributed by atoms with Crippen LogP contribution >= 0.6 is 0 Å². The van der Waals surface area contributed by atoms with E-state index in [0.29, 0.717) is 30.0 Å². The van der Waals surface area contributed by atoms with Crippen molar-refractivity contribution in [1.29, 1.82) is 0 Å². The molecule has 0 saturated heterocycles. The van der Waals surface area contributed by atoms with Crippen LogP contribution in [-0.2, 0) is 16.4 Å². The van der Waals surface area contributed by atoms with Gasteiger partial charge in [-0.2, -0.15) is 0 Å². The van der Waals surface area contributed by atoms with Gasteiger partial charge in [0.05, 0.1) is 24.6 Å². The summed E-state index contributed by atoms with van der Waals surface area (Å²) in [6, 6.07) is 11.9. The summed E-state index contributed by atoms with van der Waals surface area (Å²) < 4.78 is 38.0. The van der Waals surface area contributed by atoms with E-state index in [1.54, 1.807) is 18.3 Å². The highest BCUT2D eigenvalue weighted by atomic mass is 32.2. The maximum absolute atomic E-state index is 13.2. The molecule has 0 aliphatic heterocycles. The Bertz CT molecular complexity index is 1010. The molecule has 0 saturated carbocycles. The van der Waals surface area contributed by atoms with Crippen LogP contribution in [0.2, 0.25) is 0 Å². The standard InChI is InChI=1S/C18H20N2O4S/c1-23-17-8-7-14(11-18(17)24-2)25(21,22)20-12-13(9-10-19)15-5-3-4-6-16(15)20/h3-8,11-12H,9-10,19H2,1-2H3. The van der Waals surface area contributed by atoms with Crippen molar-refractivity contribution in [2.75, 3.05) is 20.8 Å². The molecule has 132 valence electrons. The molecule has 0 bridgehead atoms. The van der Waals surface area contributed by atoms with E-state index in [0.717, 1.165) is 10.9 Å². The van der Waals surface area contributed by atoms with Gasteiger partial charge < -0.3 is 15.2 Å². The molecule has 0 aliphatic carbocycles. The van der Waals surface area contributed by atoms with Crippen LogP contribution < -0.4 is 15.2 Å². The third-order valence-electron chi connectivity index (χ3n) is 4.09. The molecule has 1 aromatic heterocycles. The third-order valence-corrected chi connectivity index (χ3v) is 5.76. The number of rotatable bonds is 6. The van der Waals surface area contributed by atoms with Gasteiger partial charge >= 0.3 is 0 Å². The second-order valence-electron chi connectivity index (χ2n) is 5.53. The number of hydrogen-bond donors (Lipinski definition) is 1. The van der Waals surface area contributed by atoms with E-state index in [1.807, 2.05) is 18.2 Å². The van der Waals surface area contributed by atoms with Crippen LogP contribution in [0.1, 0.15) is 5.56 Å². The van der Waals surface area contributed by atoms with Crippen LogP contribution in [0.15, 0.2) is 53.6 Å². The molecule has 3 aromatic rings. The lowest BCUT2D eigenvalue weighted by atomic mass is 10.1. The van der Waals surface area contributed by atoms with Gasteiger partial charge in [-0.15, -0.1) is 0 Å². The summed E-state index contributed by atoms with van der Waals surface area (Å²) in [5, 5.41) is 0.886. The van der Waals surface area contributed by atoms with Crippen LogP contribution in [0.25, 0.3) is 10.9 Å².